The standard InChI is InChI=1S/C22H21FN4O5/c1-12(2)19(21(29)30)26-20(28)18-11-17(27-32-18)13-3-7-15(8-4-13)24-22(31)25-16-9-5-14(23)6-10-16/h3-12,19H,1-2H3,(H,26,28)(H,29,30)(H2,24,25,31). The van der Waals surface area contributed by atoms with Gasteiger partial charge in [-0.05, 0) is 42.3 Å². The Morgan fingerprint density at radius 2 is 1.53 bits per heavy atom. The number of amides is 3. The molecule has 10 heteroatoms. The predicted molar refractivity (Wildman–Crippen MR) is 115 cm³/mol. The van der Waals surface area contributed by atoms with Crippen molar-refractivity contribution in [3.63, 3.8) is 0 Å². The number of urea groups is 1. The number of aromatic nitrogens is 1. The van der Waals surface area contributed by atoms with E-state index in [1.54, 1.807) is 38.1 Å². The van der Waals surface area contributed by atoms with Gasteiger partial charge < -0.3 is 25.6 Å². The molecule has 3 amide bonds. The first-order valence-electron chi connectivity index (χ1n) is 9.67. The average molecular weight is 440 g/mol. The van der Waals surface area contributed by atoms with Crippen LogP contribution in [0.3, 0.4) is 0 Å². The Morgan fingerprint density at radius 3 is 2.06 bits per heavy atom. The molecule has 0 saturated heterocycles. The Kier molecular flexibility index (Phi) is 6.83. The second kappa shape index (κ2) is 9.73. The summed E-state index contributed by atoms with van der Waals surface area (Å²) >= 11 is 0. The Bertz CT molecular complexity index is 1110. The molecule has 2 aromatic carbocycles. The SMILES string of the molecule is CC(C)C(NC(=O)c1cc(-c2ccc(NC(=O)Nc3ccc(F)cc3)cc2)no1)C(=O)O. The molecule has 166 valence electrons. The zero-order valence-electron chi connectivity index (χ0n) is 17.3. The molecule has 0 spiro atoms. The van der Waals surface area contributed by atoms with Gasteiger partial charge in [-0.15, -0.1) is 0 Å². The molecule has 0 aliphatic heterocycles. The third kappa shape index (κ3) is 5.69. The number of nitrogens with zero attached hydrogens (tertiary/aromatic N) is 1. The normalized spacial score (nSPS) is 11.6. The van der Waals surface area contributed by atoms with Crippen LogP contribution in [-0.2, 0) is 4.79 Å². The van der Waals surface area contributed by atoms with E-state index >= 15 is 0 Å². The molecule has 0 bridgehead atoms. The third-order valence-electron chi connectivity index (χ3n) is 4.49. The lowest BCUT2D eigenvalue weighted by Gasteiger charge is -2.16. The van der Waals surface area contributed by atoms with Crippen LogP contribution in [0.25, 0.3) is 11.3 Å². The van der Waals surface area contributed by atoms with Gasteiger partial charge in [0.15, 0.2) is 0 Å². The maximum atomic E-state index is 12.9. The van der Waals surface area contributed by atoms with Gasteiger partial charge in [-0.3, -0.25) is 4.79 Å². The smallest absolute Gasteiger partial charge is 0.326 e. The highest BCUT2D eigenvalue weighted by Gasteiger charge is 2.25. The number of rotatable bonds is 7. The molecule has 4 N–H and O–H groups in total. The molecule has 0 aliphatic rings. The van der Waals surface area contributed by atoms with Gasteiger partial charge in [-0.25, -0.2) is 14.0 Å². The lowest BCUT2D eigenvalue weighted by Crippen LogP contribution is -2.44. The summed E-state index contributed by atoms with van der Waals surface area (Å²) in [5.41, 5.74) is 1.93. The number of aliphatic carboxylic acids is 1. The lowest BCUT2D eigenvalue weighted by atomic mass is 10.0. The highest BCUT2D eigenvalue weighted by molar-refractivity contribution is 6.00. The van der Waals surface area contributed by atoms with E-state index in [1.807, 2.05) is 0 Å². The monoisotopic (exact) mass is 440 g/mol. The molecular formula is C22H21FN4O5. The predicted octanol–water partition coefficient (Wildman–Crippen LogP) is 3.96. The minimum atomic E-state index is -1.14. The number of anilines is 2. The van der Waals surface area contributed by atoms with E-state index in [1.165, 1.54) is 30.3 Å². The number of carboxylic acid groups (broad SMARTS) is 1. The third-order valence-corrected chi connectivity index (χ3v) is 4.49. The number of carboxylic acids is 1. The van der Waals surface area contributed by atoms with Crippen molar-refractivity contribution < 1.29 is 28.4 Å². The largest absolute Gasteiger partial charge is 0.480 e. The molecule has 0 radical (unpaired) electrons. The van der Waals surface area contributed by atoms with Crippen molar-refractivity contribution in [3.8, 4) is 11.3 Å². The topological polar surface area (TPSA) is 134 Å². The Morgan fingerprint density at radius 1 is 0.969 bits per heavy atom. The first kappa shape index (κ1) is 22.5. The summed E-state index contributed by atoms with van der Waals surface area (Å²) in [5.74, 6) is -2.64. The molecule has 1 unspecified atom stereocenters. The van der Waals surface area contributed by atoms with Crippen LogP contribution in [0.4, 0.5) is 20.6 Å². The van der Waals surface area contributed by atoms with Gasteiger partial charge in [0, 0.05) is 23.0 Å². The van der Waals surface area contributed by atoms with Gasteiger partial charge in [0.1, 0.15) is 17.6 Å². The van der Waals surface area contributed by atoms with E-state index < -0.39 is 29.8 Å². The number of halogens is 1. The fourth-order valence-electron chi connectivity index (χ4n) is 2.80. The van der Waals surface area contributed by atoms with Crippen molar-refractivity contribution in [3.05, 3.63) is 66.2 Å². The van der Waals surface area contributed by atoms with E-state index in [0.29, 0.717) is 22.6 Å². The number of hydrogen-bond acceptors (Lipinski definition) is 5. The molecule has 3 rings (SSSR count). The molecule has 0 saturated carbocycles. The lowest BCUT2D eigenvalue weighted by molar-refractivity contribution is -0.140. The van der Waals surface area contributed by atoms with Crippen molar-refractivity contribution in [1.82, 2.24) is 10.5 Å². The van der Waals surface area contributed by atoms with E-state index in [9.17, 15) is 23.9 Å². The van der Waals surface area contributed by atoms with Crippen LogP contribution in [0.1, 0.15) is 24.4 Å². The summed E-state index contributed by atoms with van der Waals surface area (Å²) in [4.78, 5) is 35.6. The molecule has 9 nitrogen and oxygen atoms in total. The number of carbonyl (C=O) groups excluding carboxylic acids is 2. The summed E-state index contributed by atoms with van der Waals surface area (Å²) < 4.78 is 18.0. The molecule has 1 aromatic heterocycles. The van der Waals surface area contributed by atoms with Crippen LogP contribution in [-0.4, -0.2) is 34.2 Å². The Balaban J connectivity index is 1.62. The van der Waals surface area contributed by atoms with Gasteiger partial charge in [0.2, 0.25) is 5.76 Å². The van der Waals surface area contributed by atoms with Crippen LogP contribution in [0.15, 0.2) is 59.1 Å². The first-order chi connectivity index (χ1) is 15.2. The fraction of sp³-hybridized carbons (Fsp3) is 0.182. The molecule has 32 heavy (non-hydrogen) atoms. The molecular weight excluding hydrogens is 419 g/mol. The van der Waals surface area contributed by atoms with Gasteiger partial charge >= 0.3 is 12.0 Å². The van der Waals surface area contributed by atoms with Gasteiger partial charge in [0.05, 0.1) is 0 Å². The number of nitrogens with one attached hydrogen (secondary N) is 3. The molecule has 0 aliphatic carbocycles. The van der Waals surface area contributed by atoms with Crippen molar-refractivity contribution in [1.29, 1.82) is 0 Å². The summed E-state index contributed by atoms with van der Waals surface area (Å²) in [5, 5.41) is 20.7. The first-order valence-corrected chi connectivity index (χ1v) is 9.67. The van der Waals surface area contributed by atoms with Crippen LogP contribution in [0.2, 0.25) is 0 Å². The Hall–Kier alpha value is -4.21. The molecule has 3 aromatic rings. The van der Waals surface area contributed by atoms with Gasteiger partial charge in [0.25, 0.3) is 5.91 Å². The van der Waals surface area contributed by atoms with Crippen molar-refractivity contribution in [2.24, 2.45) is 5.92 Å². The summed E-state index contributed by atoms with van der Waals surface area (Å²) in [6.07, 6.45) is 0. The molecule has 1 heterocycles. The van der Waals surface area contributed by atoms with E-state index in [4.69, 9.17) is 4.52 Å². The van der Waals surface area contributed by atoms with E-state index in [-0.39, 0.29) is 11.7 Å². The Labute approximate surface area is 182 Å². The summed E-state index contributed by atoms with van der Waals surface area (Å²) in [7, 11) is 0. The minimum absolute atomic E-state index is 0.118. The summed E-state index contributed by atoms with van der Waals surface area (Å²) in [6.45, 7) is 3.36. The second-order valence-corrected chi connectivity index (χ2v) is 7.27. The van der Waals surface area contributed by atoms with Crippen LogP contribution in [0, 0.1) is 11.7 Å². The van der Waals surface area contributed by atoms with Crippen molar-refractivity contribution >= 4 is 29.3 Å². The zero-order chi connectivity index (χ0) is 23.3. The van der Waals surface area contributed by atoms with Crippen LogP contribution < -0.4 is 16.0 Å². The number of hydrogen-bond donors (Lipinski definition) is 4. The minimum Gasteiger partial charge on any atom is -0.480 e. The van der Waals surface area contributed by atoms with E-state index in [2.05, 4.69) is 21.1 Å². The van der Waals surface area contributed by atoms with Crippen LogP contribution in [0.5, 0.6) is 0 Å². The maximum Gasteiger partial charge on any atom is 0.326 e. The second-order valence-electron chi connectivity index (χ2n) is 7.27. The quantitative estimate of drug-likeness (QED) is 0.439. The fourth-order valence-corrected chi connectivity index (χ4v) is 2.80. The maximum absolute atomic E-state index is 12.9. The number of benzene rings is 2. The zero-order valence-corrected chi connectivity index (χ0v) is 17.3. The molecule has 0 fully saturated rings. The van der Waals surface area contributed by atoms with Gasteiger partial charge in [-0.1, -0.05) is 31.1 Å². The average Bonchev–Trinajstić information content (AvgIpc) is 3.24. The summed E-state index contributed by atoms with van der Waals surface area (Å²) in [6, 6.07) is 11.8. The van der Waals surface area contributed by atoms with Gasteiger partial charge in [-0.2, -0.15) is 0 Å². The molecule has 1 atom stereocenters. The number of carbonyl (C=O) groups is 3. The van der Waals surface area contributed by atoms with Crippen molar-refractivity contribution in [2.45, 2.75) is 19.9 Å². The highest BCUT2D eigenvalue weighted by Crippen LogP contribution is 2.22. The highest BCUT2D eigenvalue weighted by atomic mass is 19.1. The van der Waals surface area contributed by atoms with Crippen LogP contribution >= 0.6 is 0 Å². The van der Waals surface area contributed by atoms with Crippen molar-refractivity contribution in [2.75, 3.05) is 10.6 Å². The van der Waals surface area contributed by atoms with E-state index in [0.717, 1.165) is 0 Å².